The van der Waals surface area contributed by atoms with Crippen LogP contribution in [-0.2, 0) is 4.74 Å². The summed E-state index contributed by atoms with van der Waals surface area (Å²) in [6.45, 7) is 7.27. The fourth-order valence-corrected chi connectivity index (χ4v) is 6.66. The molecular weight excluding hydrogens is 544 g/mol. The van der Waals surface area contributed by atoms with E-state index in [2.05, 4.69) is 73.8 Å². The standard InChI is InChI=1S/C39H46N2O3/c1-26-7-5-9-30(14-11-26)34-19-16-32(25-27(34)2)38(42)31-10-6-8-29(12-15-31)13-17-33-18-20-35-28(3)36(21-22-37(35)41-33)39(43)40-23-24-44-4/h5,7,9,11,14,16-17,19-22,25-26,29,31H,6,8,10,12-13,15,18,23-24H2,1-4H3,(H,40,43). The molecule has 0 aromatic heterocycles. The quantitative estimate of drug-likeness (QED) is 0.195. The molecule has 1 N–H and O–H groups in total. The summed E-state index contributed by atoms with van der Waals surface area (Å²) in [5.41, 5.74) is 7.13. The van der Waals surface area contributed by atoms with Gasteiger partial charge in [0.25, 0.3) is 5.91 Å². The molecule has 1 saturated carbocycles. The van der Waals surface area contributed by atoms with Crippen LogP contribution in [0.2, 0.25) is 0 Å². The molecule has 5 rings (SSSR count). The summed E-state index contributed by atoms with van der Waals surface area (Å²) in [6.07, 6.45) is 22.4. The molecule has 44 heavy (non-hydrogen) atoms. The van der Waals surface area contributed by atoms with Crippen LogP contribution in [-0.4, -0.2) is 32.0 Å². The number of fused-ring (bicyclic) bond motifs is 1. The first-order valence-corrected chi connectivity index (χ1v) is 16.2. The maximum Gasteiger partial charge on any atom is 0.251 e. The lowest BCUT2D eigenvalue weighted by Gasteiger charge is -2.16. The number of carbonyl (C=O) groups is 2. The van der Waals surface area contributed by atoms with Crippen molar-refractivity contribution in [2.24, 2.45) is 22.7 Å². The molecule has 1 fully saturated rings. The summed E-state index contributed by atoms with van der Waals surface area (Å²) in [4.78, 5) is 31.1. The number of hydrogen-bond acceptors (Lipinski definition) is 4. The van der Waals surface area contributed by atoms with E-state index in [-0.39, 0.29) is 11.8 Å². The average molecular weight is 591 g/mol. The number of nitrogens with one attached hydrogen (secondary N) is 1. The molecule has 3 unspecified atom stereocenters. The van der Waals surface area contributed by atoms with E-state index < -0.39 is 0 Å². The van der Waals surface area contributed by atoms with Crippen LogP contribution in [0.25, 0.3) is 11.6 Å². The van der Waals surface area contributed by atoms with E-state index in [0.29, 0.717) is 36.3 Å². The number of methoxy groups -OCH3 is 1. The van der Waals surface area contributed by atoms with Crippen LogP contribution in [0.4, 0.5) is 0 Å². The molecule has 1 amide bonds. The fourth-order valence-electron chi connectivity index (χ4n) is 6.66. The number of amides is 1. The minimum Gasteiger partial charge on any atom is -0.383 e. The zero-order valence-corrected chi connectivity index (χ0v) is 26.7. The summed E-state index contributed by atoms with van der Waals surface area (Å²) in [6, 6.07) is 10.1. The predicted molar refractivity (Wildman–Crippen MR) is 179 cm³/mol. The largest absolute Gasteiger partial charge is 0.383 e. The van der Waals surface area contributed by atoms with E-state index >= 15 is 0 Å². The second-order valence-electron chi connectivity index (χ2n) is 12.6. The Bertz CT molecular complexity index is 1640. The molecule has 5 heteroatoms. The summed E-state index contributed by atoms with van der Waals surface area (Å²) >= 11 is 0. The van der Waals surface area contributed by atoms with Crippen molar-refractivity contribution >= 4 is 23.3 Å². The van der Waals surface area contributed by atoms with Crippen molar-refractivity contribution in [1.29, 1.82) is 0 Å². The molecule has 2 aromatic rings. The van der Waals surface area contributed by atoms with Crippen molar-refractivity contribution < 1.29 is 14.3 Å². The van der Waals surface area contributed by atoms with Gasteiger partial charge in [0, 0.05) is 48.0 Å². The van der Waals surface area contributed by atoms with Gasteiger partial charge in [0.1, 0.15) is 0 Å². The third kappa shape index (κ3) is 7.62. The number of aryl methyl sites for hydroxylation is 1. The molecule has 5 nitrogen and oxygen atoms in total. The number of allylic oxidation sites excluding steroid dienone is 8. The Morgan fingerprint density at radius 2 is 1.93 bits per heavy atom. The smallest absolute Gasteiger partial charge is 0.251 e. The van der Waals surface area contributed by atoms with Gasteiger partial charge in [-0.25, -0.2) is 0 Å². The average Bonchev–Trinajstić information content (AvgIpc) is 3.40. The summed E-state index contributed by atoms with van der Waals surface area (Å²) in [7, 11) is 1.63. The Morgan fingerprint density at radius 1 is 1.07 bits per heavy atom. The number of nitrogens with zero attached hydrogens (tertiary/aromatic N) is 1. The number of ketones is 1. The summed E-state index contributed by atoms with van der Waals surface area (Å²) in [5, 5.41) is 4.89. The number of rotatable bonds is 9. The van der Waals surface area contributed by atoms with Crippen molar-refractivity contribution in [1.82, 2.24) is 5.32 Å². The number of benzene rings is 2. The van der Waals surface area contributed by atoms with Crippen LogP contribution in [0.5, 0.6) is 0 Å². The van der Waals surface area contributed by atoms with E-state index in [1.807, 2.05) is 25.1 Å². The van der Waals surface area contributed by atoms with E-state index in [1.165, 1.54) is 11.1 Å². The molecule has 0 spiro atoms. The maximum absolute atomic E-state index is 13.6. The van der Waals surface area contributed by atoms with E-state index in [9.17, 15) is 9.59 Å². The molecule has 2 aromatic carbocycles. The summed E-state index contributed by atoms with van der Waals surface area (Å²) in [5.74, 6) is 1.32. The lowest BCUT2D eigenvalue weighted by atomic mass is 9.88. The van der Waals surface area contributed by atoms with Crippen molar-refractivity contribution in [3.05, 3.63) is 111 Å². The van der Waals surface area contributed by atoms with Crippen molar-refractivity contribution in [2.45, 2.75) is 65.7 Å². The molecule has 3 aliphatic rings. The van der Waals surface area contributed by atoms with Crippen LogP contribution in [0.15, 0.2) is 77.5 Å². The van der Waals surface area contributed by atoms with Gasteiger partial charge in [0.15, 0.2) is 5.78 Å². The number of hydrogen-bond donors (Lipinski definition) is 1. The Balaban J connectivity index is 1.19. The van der Waals surface area contributed by atoms with E-state index in [4.69, 9.17) is 9.73 Å². The minimum absolute atomic E-state index is 0.0772. The molecule has 2 aliphatic carbocycles. The zero-order valence-electron chi connectivity index (χ0n) is 26.7. The Labute approximate surface area is 262 Å². The fraction of sp³-hybridized carbons (Fsp3) is 0.410. The van der Waals surface area contributed by atoms with Gasteiger partial charge >= 0.3 is 0 Å². The number of ether oxygens (including phenoxy) is 1. The first kappa shape index (κ1) is 31.6. The monoisotopic (exact) mass is 590 g/mol. The number of Topliss-reactive ketones (excluding diaryl/α,β-unsaturated/α-hetero) is 1. The third-order valence-corrected chi connectivity index (χ3v) is 9.35. The first-order valence-electron chi connectivity index (χ1n) is 16.2. The molecular formula is C39H46N2O3. The second kappa shape index (κ2) is 14.8. The molecule has 230 valence electrons. The Morgan fingerprint density at radius 3 is 2.75 bits per heavy atom. The SMILES string of the molecule is COCCNC(=O)c1ccc2c(c1C)=CCC(=CCC1CCCC(C(=O)c3ccc(C4=CC=CC(C)C=C4)c(C)c3)CC1)N=2. The molecule has 0 radical (unpaired) electrons. The molecule has 0 bridgehead atoms. The molecule has 1 heterocycles. The van der Waals surface area contributed by atoms with Gasteiger partial charge in [-0.1, -0.05) is 74.4 Å². The molecule has 0 saturated heterocycles. The van der Waals surface area contributed by atoms with Crippen molar-refractivity contribution in [2.75, 3.05) is 20.3 Å². The third-order valence-electron chi connectivity index (χ3n) is 9.35. The van der Waals surface area contributed by atoms with Crippen molar-refractivity contribution in [3.63, 3.8) is 0 Å². The van der Waals surface area contributed by atoms with Crippen LogP contribution < -0.4 is 15.9 Å². The van der Waals surface area contributed by atoms with Crippen LogP contribution >= 0.6 is 0 Å². The second-order valence-corrected chi connectivity index (χ2v) is 12.6. The highest BCUT2D eigenvalue weighted by molar-refractivity contribution is 5.98. The summed E-state index contributed by atoms with van der Waals surface area (Å²) < 4.78 is 5.04. The van der Waals surface area contributed by atoms with Gasteiger partial charge in [-0.2, -0.15) is 0 Å². The van der Waals surface area contributed by atoms with Gasteiger partial charge in [-0.05, 0) is 91.8 Å². The van der Waals surface area contributed by atoms with Crippen LogP contribution in [0.3, 0.4) is 0 Å². The van der Waals surface area contributed by atoms with E-state index in [0.717, 1.165) is 77.9 Å². The van der Waals surface area contributed by atoms with Crippen LogP contribution in [0, 0.1) is 31.6 Å². The first-order chi connectivity index (χ1) is 21.3. The van der Waals surface area contributed by atoms with Crippen molar-refractivity contribution in [3.8, 4) is 0 Å². The minimum atomic E-state index is -0.0772. The maximum atomic E-state index is 13.6. The topological polar surface area (TPSA) is 67.8 Å². The zero-order chi connectivity index (χ0) is 31.1. The van der Waals surface area contributed by atoms with Gasteiger partial charge in [0.2, 0.25) is 0 Å². The normalized spacial score (nSPS) is 22.2. The highest BCUT2D eigenvalue weighted by Gasteiger charge is 2.25. The Hall–Kier alpha value is -3.83. The van der Waals surface area contributed by atoms with Gasteiger partial charge in [-0.3, -0.25) is 14.6 Å². The van der Waals surface area contributed by atoms with Gasteiger partial charge in [-0.15, -0.1) is 0 Å². The highest BCUT2D eigenvalue weighted by atomic mass is 16.5. The molecule has 1 aliphatic heterocycles. The Kier molecular flexibility index (Phi) is 10.6. The van der Waals surface area contributed by atoms with Gasteiger partial charge in [0.05, 0.1) is 12.0 Å². The molecule has 3 atom stereocenters. The highest BCUT2D eigenvalue weighted by Crippen LogP contribution is 2.33. The van der Waals surface area contributed by atoms with E-state index in [1.54, 1.807) is 7.11 Å². The predicted octanol–water partition coefficient (Wildman–Crippen LogP) is 6.98. The van der Waals surface area contributed by atoms with Crippen LogP contribution in [0.1, 0.15) is 89.3 Å². The lowest BCUT2D eigenvalue weighted by molar-refractivity contribution is 0.0905. The van der Waals surface area contributed by atoms with Gasteiger partial charge < -0.3 is 10.1 Å². The lowest BCUT2D eigenvalue weighted by Crippen LogP contribution is -2.35. The number of carbonyl (C=O) groups excluding carboxylic acids is 2.